The van der Waals surface area contributed by atoms with Gasteiger partial charge in [0.2, 0.25) is 5.88 Å². The SMILES string of the molecule is NC(=O)c1cccnc1Oc1cc(C(=O)O)ccc1I. The lowest BCUT2D eigenvalue weighted by atomic mass is 10.2. The minimum atomic E-state index is -1.07. The van der Waals surface area contributed by atoms with E-state index in [0.29, 0.717) is 9.32 Å². The molecule has 1 aromatic carbocycles. The van der Waals surface area contributed by atoms with Crippen LogP contribution in [0.1, 0.15) is 20.7 Å². The molecule has 0 bridgehead atoms. The Hall–Kier alpha value is -2.16. The molecule has 6 nitrogen and oxygen atoms in total. The number of nitrogens with zero attached hydrogens (tertiary/aromatic N) is 1. The number of carbonyl (C=O) groups excluding carboxylic acids is 1. The molecule has 0 atom stereocenters. The first-order chi connectivity index (χ1) is 9.49. The van der Waals surface area contributed by atoms with E-state index in [2.05, 4.69) is 4.98 Å². The number of carboxylic acid groups (broad SMARTS) is 1. The van der Waals surface area contributed by atoms with Crippen LogP contribution in [0.2, 0.25) is 0 Å². The summed E-state index contributed by atoms with van der Waals surface area (Å²) in [5.74, 6) is -1.40. The summed E-state index contributed by atoms with van der Waals surface area (Å²) in [6, 6.07) is 7.48. The van der Waals surface area contributed by atoms with Gasteiger partial charge in [0, 0.05) is 6.20 Å². The van der Waals surface area contributed by atoms with Crippen molar-refractivity contribution in [3.63, 3.8) is 0 Å². The molecule has 0 aliphatic heterocycles. The average molecular weight is 384 g/mol. The molecule has 102 valence electrons. The summed E-state index contributed by atoms with van der Waals surface area (Å²) in [7, 11) is 0. The third-order valence-corrected chi connectivity index (χ3v) is 3.31. The first kappa shape index (κ1) is 14.3. The number of carbonyl (C=O) groups is 2. The molecule has 0 unspecified atom stereocenters. The van der Waals surface area contributed by atoms with Crippen molar-refractivity contribution in [3.05, 3.63) is 51.2 Å². The fourth-order valence-corrected chi connectivity index (χ4v) is 1.92. The number of ether oxygens (including phenoxy) is 1. The van der Waals surface area contributed by atoms with E-state index in [0.717, 1.165) is 0 Å². The van der Waals surface area contributed by atoms with Gasteiger partial charge in [-0.2, -0.15) is 0 Å². The van der Waals surface area contributed by atoms with Crippen molar-refractivity contribution in [1.82, 2.24) is 4.98 Å². The average Bonchev–Trinajstić information content (AvgIpc) is 2.41. The zero-order chi connectivity index (χ0) is 14.7. The second-order valence-corrected chi connectivity index (χ2v) is 4.93. The highest BCUT2D eigenvalue weighted by Crippen LogP contribution is 2.28. The van der Waals surface area contributed by atoms with Crippen LogP contribution in [-0.4, -0.2) is 22.0 Å². The minimum Gasteiger partial charge on any atom is -0.478 e. The third-order valence-electron chi connectivity index (χ3n) is 2.42. The molecule has 0 aliphatic rings. The van der Waals surface area contributed by atoms with Gasteiger partial charge < -0.3 is 15.6 Å². The summed E-state index contributed by atoms with van der Waals surface area (Å²) >= 11 is 1.99. The van der Waals surface area contributed by atoms with Gasteiger partial charge in [-0.3, -0.25) is 4.79 Å². The second kappa shape index (κ2) is 5.87. The summed E-state index contributed by atoms with van der Waals surface area (Å²) in [5, 5.41) is 8.96. The summed E-state index contributed by atoms with van der Waals surface area (Å²) in [6.45, 7) is 0. The lowest BCUT2D eigenvalue weighted by molar-refractivity contribution is 0.0696. The monoisotopic (exact) mass is 384 g/mol. The van der Waals surface area contributed by atoms with E-state index in [-0.39, 0.29) is 17.0 Å². The van der Waals surface area contributed by atoms with Crippen molar-refractivity contribution in [1.29, 1.82) is 0 Å². The lowest BCUT2D eigenvalue weighted by Gasteiger charge is -2.09. The number of pyridine rings is 1. The van der Waals surface area contributed by atoms with Gasteiger partial charge in [-0.15, -0.1) is 0 Å². The van der Waals surface area contributed by atoms with Crippen LogP contribution in [0, 0.1) is 3.57 Å². The van der Waals surface area contributed by atoms with Crippen LogP contribution in [0.5, 0.6) is 11.6 Å². The maximum Gasteiger partial charge on any atom is 0.335 e. The number of halogens is 1. The van der Waals surface area contributed by atoms with Crippen molar-refractivity contribution in [2.45, 2.75) is 0 Å². The maximum atomic E-state index is 11.3. The number of rotatable bonds is 4. The second-order valence-electron chi connectivity index (χ2n) is 3.77. The summed E-state index contributed by atoms with van der Waals surface area (Å²) in [4.78, 5) is 26.2. The molecule has 1 heterocycles. The predicted molar refractivity (Wildman–Crippen MR) is 78.9 cm³/mol. The molecule has 0 saturated carbocycles. The number of aromatic carboxylic acids is 1. The Balaban J connectivity index is 2.42. The zero-order valence-electron chi connectivity index (χ0n) is 10.0. The molecule has 3 N–H and O–H groups in total. The van der Waals surface area contributed by atoms with Gasteiger partial charge in [0.15, 0.2) is 0 Å². The Morgan fingerprint density at radius 3 is 2.70 bits per heavy atom. The van der Waals surface area contributed by atoms with Gasteiger partial charge in [-0.05, 0) is 52.9 Å². The van der Waals surface area contributed by atoms with Crippen LogP contribution in [0.4, 0.5) is 0 Å². The molecule has 7 heteroatoms. The van der Waals surface area contributed by atoms with Gasteiger partial charge in [0.05, 0.1) is 9.13 Å². The van der Waals surface area contributed by atoms with Crippen molar-refractivity contribution in [2.75, 3.05) is 0 Å². The van der Waals surface area contributed by atoms with Crippen molar-refractivity contribution in [2.24, 2.45) is 5.73 Å². The molecule has 1 aromatic heterocycles. The number of aromatic nitrogens is 1. The first-order valence-corrected chi connectivity index (χ1v) is 6.52. The third kappa shape index (κ3) is 3.05. The fourth-order valence-electron chi connectivity index (χ4n) is 1.48. The summed E-state index contributed by atoms with van der Waals surface area (Å²) in [5.41, 5.74) is 5.44. The molecule has 20 heavy (non-hydrogen) atoms. The molecule has 1 amide bonds. The fraction of sp³-hybridized carbons (Fsp3) is 0. The van der Waals surface area contributed by atoms with E-state index in [1.807, 2.05) is 22.6 Å². The Morgan fingerprint density at radius 1 is 1.30 bits per heavy atom. The number of hydrogen-bond acceptors (Lipinski definition) is 4. The Bertz CT molecular complexity index is 688. The van der Waals surface area contributed by atoms with E-state index in [9.17, 15) is 9.59 Å². The smallest absolute Gasteiger partial charge is 0.335 e. The number of benzene rings is 1. The summed E-state index contributed by atoms with van der Waals surface area (Å²) in [6.07, 6.45) is 1.45. The molecular weight excluding hydrogens is 375 g/mol. The topological polar surface area (TPSA) is 103 Å². The molecule has 2 rings (SSSR count). The van der Waals surface area contributed by atoms with Crippen LogP contribution in [0.15, 0.2) is 36.5 Å². The number of hydrogen-bond donors (Lipinski definition) is 2. The first-order valence-electron chi connectivity index (χ1n) is 5.44. The van der Waals surface area contributed by atoms with Crippen LogP contribution in [0.3, 0.4) is 0 Å². The molecule has 0 aliphatic carbocycles. The maximum absolute atomic E-state index is 11.3. The molecule has 0 fully saturated rings. The largest absolute Gasteiger partial charge is 0.478 e. The Kier molecular flexibility index (Phi) is 4.18. The minimum absolute atomic E-state index is 0.0421. The standard InChI is InChI=1S/C13H9IN2O4/c14-9-4-3-7(13(18)19)6-10(9)20-12-8(11(15)17)2-1-5-16-12/h1-6H,(H2,15,17)(H,18,19). The van der Waals surface area contributed by atoms with Gasteiger partial charge in [0.25, 0.3) is 5.91 Å². The van der Waals surface area contributed by atoms with E-state index in [4.69, 9.17) is 15.6 Å². The van der Waals surface area contributed by atoms with Gasteiger partial charge in [0.1, 0.15) is 11.3 Å². The lowest BCUT2D eigenvalue weighted by Crippen LogP contribution is -2.13. The Labute approximate surface area is 127 Å². The number of amides is 1. The van der Waals surface area contributed by atoms with Crippen molar-refractivity contribution in [3.8, 4) is 11.6 Å². The van der Waals surface area contributed by atoms with E-state index < -0.39 is 11.9 Å². The van der Waals surface area contributed by atoms with Gasteiger partial charge in [-0.25, -0.2) is 9.78 Å². The number of primary amides is 1. The van der Waals surface area contributed by atoms with Crippen molar-refractivity contribution >= 4 is 34.5 Å². The van der Waals surface area contributed by atoms with Crippen molar-refractivity contribution < 1.29 is 19.4 Å². The highest BCUT2D eigenvalue weighted by Gasteiger charge is 2.14. The van der Waals surface area contributed by atoms with E-state index in [1.54, 1.807) is 12.1 Å². The highest BCUT2D eigenvalue weighted by molar-refractivity contribution is 14.1. The molecule has 0 spiro atoms. The number of carboxylic acids is 1. The zero-order valence-corrected chi connectivity index (χ0v) is 12.2. The molecular formula is C13H9IN2O4. The number of nitrogens with two attached hydrogens (primary N) is 1. The molecule has 0 radical (unpaired) electrons. The Morgan fingerprint density at radius 2 is 2.05 bits per heavy atom. The molecule has 2 aromatic rings. The van der Waals surface area contributed by atoms with Gasteiger partial charge >= 0.3 is 5.97 Å². The summed E-state index contributed by atoms with van der Waals surface area (Å²) < 4.78 is 6.20. The van der Waals surface area contributed by atoms with Gasteiger partial charge in [-0.1, -0.05) is 0 Å². The molecule has 0 saturated heterocycles. The van der Waals surface area contributed by atoms with Crippen LogP contribution < -0.4 is 10.5 Å². The highest BCUT2D eigenvalue weighted by atomic mass is 127. The van der Waals surface area contributed by atoms with Crippen LogP contribution >= 0.6 is 22.6 Å². The quantitative estimate of drug-likeness (QED) is 0.788. The van der Waals surface area contributed by atoms with Crippen LogP contribution in [0.25, 0.3) is 0 Å². The van der Waals surface area contributed by atoms with E-state index in [1.165, 1.54) is 24.4 Å². The van der Waals surface area contributed by atoms with E-state index >= 15 is 0 Å². The normalized spacial score (nSPS) is 10.1. The van der Waals surface area contributed by atoms with Crippen LogP contribution in [-0.2, 0) is 0 Å². The predicted octanol–water partition coefficient (Wildman–Crippen LogP) is 2.28.